The zero-order valence-corrected chi connectivity index (χ0v) is 13.5. The molecule has 0 radical (unpaired) electrons. The average Bonchev–Trinajstić information content (AvgIpc) is 3.08. The summed E-state index contributed by atoms with van der Waals surface area (Å²) in [4.78, 5) is 2.41. The first kappa shape index (κ1) is 16.9. The Bertz CT molecular complexity index is 613. The second-order valence-electron chi connectivity index (χ2n) is 6.25. The number of rotatable bonds is 4. The van der Waals surface area contributed by atoms with E-state index in [0.717, 1.165) is 49.4 Å². The van der Waals surface area contributed by atoms with E-state index in [9.17, 15) is 4.39 Å². The number of aromatic nitrogens is 2. The molecule has 2 heterocycles. The van der Waals surface area contributed by atoms with Gasteiger partial charge in [0.2, 0.25) is 0 Å². The van der Waals surface area contributed by atoms with Crippen molar-refractivity contribution in [2.75, 3.05) is 19.6 Å². The lowest BCUT2D eigenvalue weighted by Crippen LogP contribution is -2.31. The van der Waals surface area contributed by atoms with Crippen LogP contribution in [0, 0.1) is 11.2 Å². The highest BCUT2D eigenvalue weighted by Gasteiger charge is 2.32. The van der Waals surface area contributed by atoms with E-state index in [2.05, 4.69) is 22.0 Å². The monoisotopic (exact) mass is 324 g/mol. The first-order valence-electron chi connectivity index (χ1n) is 7.30. The molecule has 1 atom stereocenters. The lowest BCUT2D eigenvalue weighted by atomic mass is 9.90. The molecule has 1 unspecified atom stereocenters. The van der Waals surface area contributed by atoms with Crippen molar-refractivity contribution in [1.82, 2.24) is 15.1 Å². The number of halogens is 2. The lowest BCUT2D eigenvalue weighted by molar-refractivity contribution is 0.275. The van der Waals surface area contributed by atoms with E-state index in [1.807, 2.05) is 6.20 Å². The number of nitrogens with zero attached hydrogens (tertiary/aromatic N) is 2. The molecule has 120 valence electrons. The van der Waals surface area contributed by atoms with Crippen molar-refractivity contribution in [3.05, 3.63) is 41.8 Å². The van der Waals surface area contributed by atoms with Gasteiger partial charge in [-0.15, -0.1) is 12.4 Å². The summed E-state index contributed by atoms with van der Waals surface area (Å²) in [5.74, 6) is -0.224. The first-order valence-corrected chi connectivity index (χ1v) is 7.30. The Hall–Kier alpha value is -1.43. The van der Waals surface area contributed by atoms with Gasteiger partial charge in [0.1, 0.15) is 5.82 Å². The van der Waals surface area contributed by atoms with Gasteiger partial charge in [0, 0.05) is 24.2 Å². The maximum atomic E-state index is 13.0. The van der Waals surface area contributed by atoms with Crippen LogP contribution in [0.15, 0.2) is 30.5 Å². The Morgan fingerprint density at radius 3 is 2.73 bits per heavy atom. The van der Waals surface area contributed by atoms with Crippen molar-refractivity contribution >= 4 is 12.4 Å². The van der Waals surface area contributed by atoms with E-state index >= 15 is 0 Å². The number of benzene rings is 1. The van der Waals surface area contributed by atoms with Gasteiger partial charge in [-0.05, 0) is 49.2 Å². The van der Waals surface area contributed by atoms with Crippen molar-refractivity contribution in [1.29, 1.82) is 0 Å². The molecule has 1 aliphatic heterocycles. The highest BCUT2D eigenvalue weighted by atomic mass is 35.5. The van der Waals surface area contributed by atoms with Gasteiger partial charge in [-0.25, -0.2) is 4.39 Å². The fraction of sp³-hybridized carbons (Fsp3) is 0.438. The second kappa shape index (κ2) is 6.77. The molecule has 22 heavy (non-hydrogen) atoms. The Kier molecular flexibility index (Phi) is 5.21. The van der Waals surface area contributed by atoms with Gasteiger partial charge in [0.25, 0.3) is 0 Å². The summed E-state index contributed by atoms with van der Waals surface area (Å²) < 4.78 is 13.0. The summed E-state index contributed by atoms with van der Waals surface area (Å²) in [5.41, 5.74) is 9.15. The molecule has 0 amide bonds. The van der Waals surface area contributed by atoms with Gasteiger partial charge >= 0.3 is 0 Å². The molecule has 1 saturated heterocycles. The highest BCUT2D eigenvalue weighted by molar-refractivity contribution is 5.85. The molecule has 1 aromatic carbocycles. The van der Waals surface area contributed by atoms with E-state index in [-0.39, 0.29) is 23.6 Å². The van der Waals surface area contributed by atoms with Gasteiger partial charge in [-0.3, -0.25) is 10.00 Å². The minimum Gasteiger partial charge on any atom is -0.330 e. The van der Waals surface area contributed by atoms with Crippen molar-refractivity contribution in [2.45, 2.75) is 19.9 Å². The number of hydrogen-bond donors (Lipinski definition) is 2. The smallest absolute Gasteiger partial charge is 0.123 e. The van der Waals surface area contributed by atoms with Crippen molar-refractivity contribution in [3.8, 4) is 11.3 Å². The highest BCUT2D eigenvalue weighted by Crippen LogP contribution is 2.31. The third kappa shape index (κ3) is 3.48. The zero-order chi connectivity index (χ0) is 14.9. The van der Waals surface area contributed by atoms with Crippen LogP contribution >= 0.6 is 12.4 Å². The number of H-pyrrole nitrogens is 1. The molecule has 0 bridgehead atoms. The molecule has 6 heteroatoms. The van der Waals surface area contributed by atoms with Gasteiger partial charge in [0.15, 0.2) is 0 Å². The summed E-state index contributed by atoms with van der Waals surface area (Å²) in [6.07, 6.45) is 2.99. The second-order valence-corrected chi connectivity index (χ2v) is 6.25. The van der Waals surface area contributed by atoms with Crippen LogP contribution in [0.4, 0.5) is 4.39 Å². The fourth-order valence-electron chi connectivity index (χ4n) is 2.97. The maximum Gasteiger partial charge on any atom is 0.123 e. The van der Waals surface area contributed by atoms with Gasteiger partial charge in [-0.2, -0.15) is 5.10 Å². The van der Waals surface area contributed by atoms with Gasteiger partial charge in [0.05, 0.1) is 11.9 Å². The van der Waals surface area contributed by atoms with Crippen LogP contribution in [0.5, 0.6) is 0 Å². The summed E-state index contributed by atoms with van der Waals surface area (Å²) in [6, 6.07) is 6.50. The van der Waals surface area contributed by atoms with E-state index in [1.165, 1.54) is 12.1 Å². The Labute approximate surface area is 136 Å². The topological polar surface area (TPSA) is 57.9 Å². The van der Waals surface area contributed by atoms with Crippen LogP contribution in [0.3, 0.4) is 0 Å². The number of likely N-dealkylation sites (tertiary alicyclic amines) is 1. The van der Waals surface area contributed by atoms with E-state index in [4.69, 9.17) is 5.73 Å². The average molecular weight is 325 g/mol. The number of hydrogen-bond acceptors (Lipinski definition) is 3. The number of aromatic amines is 1. The first-order chi connectivity index (χ1) is 10.1. The largest absolute Gasteiger partial charge is 0.330 e. The molecule has 0 spiro atoms. The lowest BCUT2D eigenvalue weighted by Gasteiger charge is -2.22. The quantitative estimate of drug-likeness (QED) is 0.909. The van der Waals surface area contributed by atoms with Gasteiger partial charge < -0.3 is 5.73 Å². The minimum atomic E-state index is -0.224. The molecular weight excluding hydrogens is 303 g/mol. The molecule has 4 nitrogen and oxygen atoms in total. The molecule has 1 fully saturated rings. The van der Waals surface area contributed by atoms with Crippen LogP contribution in [0.1, 0.15) is 18.9 Å². The maximum absolute atomic E-state index is 13.0. The van der Waals surface area contributed by atoms with Crippen molar-refractivity contribution < 1.29 is 4.39 Å². The van der Waals surface area contributed by atoms with Crippen LogP contribution in [0.25, 0.3) is 11.3 Å². The third-order valence-corrected chi connectivity index (χ3v) is 4.37. The Balaban J connectivity index is 0.00000176. The SMILES string of the molecule is CC1(CN)CCN(Cc2cn[nH]c2-c2ccc(F)cc2)C1.Cl. The molecule has 1 aliphatic rings. The van der Waals surface area contributed by atoms with Crippen LogP contribution < -0.4 is 5.73 Å². The Morgan fingerprint density at radius 2 is 2.09 bits per heavy atom. The third-order valence-electron chi connectivity index (χ3n) is 4.37. The van der Waals surface area contributed by atoms with Crippen molar-refractivity contribution in [3.63, 3.8) is 0 Å². The standard InChI is InChI=1S/C16H21FN4.ClH/c1-16(10-18)6-7-21(11-16)9-13-8-19-20-15(13)12-2-4-14(17)5-3-12;/h2-5,8H,6-7,9-11,18H2,1H3,(H,19,20);1H. The number of nitrogens with one attached hydrogen (secondary N) is 1. The van der Waals surface area contributed by atoms with Gasteiger partial charge in [-0.1, -0.05) is 6.92 Å². The summed E-state index contributed by atoms with van der Waals surface area (Å²) >= 11 is 0. The summed E-state index contributed by atoms with van der Waals surface area (Å²) in [7, 11) is 0. The predicted octanol–water partition coefficient (Wildman–Crippen LogP) is 2.81. The summed E-state index contributed by atoms with van der Waals surface area (Å²) in [5, 5.41) is 7.18. The fourth-order valence-corrected chi connectivity index (χ4v) is 2.97. The van der Waals surface area contributed by atoms with Crippen LogP contribution in [0.2, 0.25) is 0 Å². The van der Waals surface area contributed by atoms with E-state index in [1.54, 1.807) is 12.1 Å². The molecule has 1 aromatic heterocycles. The zero-order valence-electron chi connectivity index (χ0n) is 12.7. The normalized spacial score (nSPS) is 21.8. The molecule has 3 rings (SSSR count). The molecule has 3 N–H and O–H groups in total. The minimum absolute atomic E-state index is 0. The van der Waals surface area contributed by atoms with Crippen molar-refractivity contribution in [2.24, 2.45) is 11.1 Å². The summed E-state index contributed by atoms with van der Waals surface area (Å²) in [6.45, 7) is 5.88. The molecule has 0 saturated carbocycles. The Morgan fingerprint density at radius 1 is 1.36 bits per heavy atom. The van der Waals surface area contributed by atoms with E-state index in [0.29, 0.717) is 0 Å². The van der Waals surface area contributed by atoms with E-state index < -0.39 is 0 Å². The van der Waals surface area contributed by atoms with Crippen LogP contribution in [-0.4, -0.2) is 34.7 Å². The molecule has 0 aliphatic carbocycles. The number of nitrogens with two attached hydrogens (primary N) is 1. The predicted molar refractivity (Wildman–Crippen MR) is 88.3 cm³/mol. The molecular formula is C16H22ClFN4. The van der Waals surface area contributed by atoms with Crippen LogP contribution in [-0.2, 0) is 6.54 Å². The molecule has 2 aromatic rings.